The number of likely N-dealkylation sites (tertiary alicyclic amines) is 1. The van der Waals surface area contributed by atoms with E-state index in [9.17, 15) is 4.79 Å². The Morgan fingerprint density at radius 3 is 2.40 bits per heavy atom. The summed E-state index contributed by atoms with van der Waals surface area (Å²) in [6.45, 7) is 3.87. The van der Waals surface area contributed by atoms with Gasteiger partial charge in [0.15, 0.2) is 0 Å². The van der Waals surface area contributed by atoms with Crippen molar-refractivity contribution in [3.63, 3.8) is 0 Å². The molecule has 0 saturated carbocycles. The Morgan fingerprint density at radius 2 is 1.80 bits per heavy atom. The van der Waals surface area contributed by atoms with Crippen LogP contribution in [0.1, 0.15) is 44.9 Å². The monoisotopic (exact) mass is 214 g/mol. The second-order valence-electron chi connectivity index (χ2n) is 5.06. The normalized spacial score (nSPS) is 20.1. The fraction of sp³-hybridized carbons (Fsp3) is 0.917. The van der Waals surface area contributed by atoms with Crippen molar-refractivity contribution in [1.82, 2.24) is 0 Å². The maximum absolute atomic E-state index is 10.3. The summed E-state index contributed by atoms with van der Waals surface area (Å²) in [6.07, 6.45) is 7.56. The molecule has 1 aliphatic rings. The number of unbranched alkanes of at least 4 members (excludes halogenated alkanes) is 2. The van der Waals surface area contributed by atoms with Crippen molar-refractivity contribution in [2.45, 2.75) is 44.9 Å². The minimum absolute atomic E-state index is 0.337. The number of hydrogen-bond acceptors (Lipinski definition) is 1. The van der Waals surface area contributed by atoms with Gasteiger partial charge in [-0.05, 0) is 38.5 Å². The molecule has 1 rings (SSSR count). The topological polar surface area (TPSA) is 37.3 Å². The molecule has 0 aliphatic carbocycles. The standard InChI is InChI=1S/C12H23NO2/c1-13(10-6-3-7-11-13)9-5-2-4-8-12(14)15/h2-11H2,1H3/p+1. The van der Waals surface area contributed by atoms with Crippen LogP contribution >= 0.6 is 0 Å². The van der Waals surface area contributed by atoms with Gasteiger partial charge in [0.2, 0.25) is 0 Å². The summed E-state index contributed by atoms with van der Waals surface area (Å²) in [7, 11) is 2.34. The first kappa shape index (κ1) is 12.5. The summed E-state index contributed by atoms with van der Waals surface area (Å²) < 4.78 is 1.22. The molecule has 1 heterocycles. The highest BCUT2D eigenvalue weighted by molar-refractivity contribution is 5.66. The smallest absolute Gasteiger partial charge is 0.303 e. The highest BCUT2D eigenvalue weighted by atomic mass is 16.4. The zero-order valence-electron chi connectivity index (χ0n) is 9.87. The second kappa shape index (κ2) is 6.11. The Morgan fingerprint density at radius 1 is 1.13 bits per heavy atom. The van der Waals surface area contributed by atoms with Gasteiger partial charge in [0.25, 0.3) is 0 Å². The first-order valence-corrected chi connectivity index (χ1v) is 6.18. The summed E-state index contributed by atoms with van der Waals surface area (Å²) >= 11 is 0. The number of piperidine rings is 1. The molecule has 3 nitrogen and oxygen atoms in total. The van der Waals surface area contributed by atoms with Gasteiger partial charge < -0.3 is 9.59 Å². The first-order valence-electron chi connectivity index (χ1n) is 6.18. The predicted octanol–water partition coefficient (Wildman–Crippen LogP) is 2.26. The Bertz CT molecular complexity index is 198. The molecule has 0 unspecified atom stereocenters. The molecule has 1 aliphatic heterocycles. The van der Waals surface area contributed by atoms with E-state index in [0.717, 1.165) is 12.8 Å². The maximum atomic E-state index is 10.3. The van der Waals surface area contributed by atoms with Crippen molar-refractivity contribution in [1.29, 1.82) is 0 Å². The van der Waals surface area contributed by atoms with Gasteiger partial charge in [0.05, 0.1) is 26.7 Å². The first-order chi connectivity index (χ1) is 7.12. The van der Waals surface area contributed by atoms with Crippen LogP contribution in [0.15, 0.2) is 0 Å². The summed E-state index contributed by atoms with van der Waals surface area (Å²) in [6, 6.07) is 0. The molecule has 0 aromatic rings. The maximum Gasteiger partial charge on any atom is 0.303 e. The van der Waals surface area contributed by atoms with Gasteiger partial charge in [-0.3, -0.25) is 4.79 Å². The van der Waals surface area contributed by atoms with Crippen molar-refractivity contribution in [3.05, 3.63) is 0 Å². The van der Waals surface area contributed by atoms with Gasteiger partial charge in [-0.25, -0.2) is 0 Å². The lowest BCUT2D eigenvalue weighted by molar-refractivity contribution is -0.914. The van der Waals surface area contributed by atoms with Gasteiger partial charge in [-0.1, -0.05) is 0 Å². The van der Waals surface area contributed by atoms with Gasteiger partial charge in [0.1, 0.15) is 0 Å². The van der Waals surface area contributed by atoms with Gasteiger partial charge >= 0.3 is 5.97 Å². The van der Waals surface area contributed by atoms with E-state index in [0.29, 0.717) is 6.42 Å². The van der Waals surface area contributed by atoms with Crippen LogP contribution in [0.2, 0.25) is 0 Å². The lowest BCUT2D eigenvalue weighted by atomic mass is 10.1. The molecular weight excluding hydrogens is 190 g/mol. The lowest BCUT2D eigenvalue weighted by Crippen LogP contribution is -2.48. The molecule has 0 amide bonds. The predicted molar refractivity (Wildman–Crippen MR) is 60.7 cm³/mol. The Balaban J connectivity index is 2.05. The van der Waals surface area contributed by atoms with Crippen LogP contribution in [0.3, 0.4) is 0 Å². The summed E-state index contributed by atoms with van der Waals surface area (Å²) in [5.74, 6) is -0.659. The molecule has 0 aromatic heterocycles. The Labute approximate surface area is 92.7 Å². The average molecular weight is 214 g/mol. The van der Waals surface area contributed by atoms with E-state index >= 15 is 0 Å². The molecule has 1 fully saturated rings. The highest BCUT2D eigenvalue weighted by Gasteiger charge is 2.23. The van der Waals surface area contributed by atoms with Crippen LogP contribution in [0, 0.1) is 0 Å². The lowest BCUT2D eigenvalue weighted by Gasteiger charge is -2.37. The van der Waals surface area contributed by atoms with Crippen molar-refractivity contribution in [3.8, 4) is 0 Å². The zero-order chi connectivity index (χ0) is 11.1. The van der Waals surface area contributed by atoms with E-state index in [-0.39, 0.29) is 0 Å². The fourth-order valence-electron chi connectivity index (χ4n) is 2.45. The Kier molecular flexibility index (Phi) is 5.09. The molecule has 0 atom stereocenters. The molecule has 0 radical (unpaired) electrons. The minimum atomic E-state index is -0.659. The molecular formula is C12H24NO2+. The number of hydrogen-bond donors (Lipinski definition) is 1. The van der Waals surface area contributed by atoms with Crippen molar-refractivity contribution < 1.29 is 14.4 Å². The van der Waals surface area contributed by atoms with Crippen LogP contribution in [0.4, 0.5) is 0 Å². The van der Waals surface area contributed by atoms with E-state index in [4.69, 9.17) is 5.11 Å². The van der Waals surface area contributed by atoms with E-state index < -0.39 is 5.97 Å². The number of carboxylic acids is 1. The molecule has 15 heavy (non-hydrogen) atoms. The zero-order valence-corrected chi connectivity index (χ0v) is 9.87. The average Bonchev–Trinajstić information content (AvgIpc) is 2.17. The van der Waals surface area contributed by atoms with E-state index in [1.807, 2.05) is 0 Å². The van der Waals surface area contributed by atoms with Gasteiger partial charge in [0, 0.05) is 6.42 Å². The third-order valence-corrected chi connectivity index (χ3v) is 3.48. The number of rotatable bonds is 6. The summed E-state index contributed by atoms with van der Waals surface area (Å²) in [4.78, 5) is 10.3. The molecule has 0 bridgehead atoms. The van der Waals surface area contributed by atoms with Crippen LogP contribution in [0.5, 0.6) is 0 Å². The van der Waals surface area contributed by atoms with E-state index in [1.165, 1.54) is 49.8 Å². The van der Waals surface area contributed by atoms with Crippen LogP contribution in [-0.4, -0.2) is 42.2 Å². The molecule has 88 valence electrons. The van der Waals surface area contributed by atoms with E-state index in [1.54, 1.807) is 0 Å². The van der Waals surface area contributed by atoms with E-state index in [2.05, 4.69) is 7.05 Å². The van der Waals surface area contributed by atoms with Gasteiger partial charge in [-0.15, -0.1) is 0 Å². The molecule has 1 N–H and O–H groups in total. The third kappa shape index (κ3) is 5.17. The summed E-state index contributed by atoms with van der Waals surface area (Å²) in [5, 5.41) is 8.51. The largest absolute Gasteiger partial charge is 0.481 e. The number of nitrogens with zero attached hydrogens (tertiary/aromatic N) is 1. The van der Waals surface area contributed by atoms with Crippen molar-refractivity contribution in [2.75, 3.05) is 26.7 Å². The number of carboxylic acid groups (broad SMARTS) is 1. The second-order valence-corrected chi connectivity index (χ2v) is 5.06. The minimum Gasteiger partial charge on any atom is -0.481 e. The van der Waals surface area contributed by atoms with Crippen molar-refractivity contribution in [2.24, 2.45) is 0 Å². The van der Waals surface area contributed by atoms with Crippen LogP contribution in [0.25, 0.3) is 0 Å². The highest BCUT2D eigenvalue weighted by Crippen LogP contribution is 2.17. The molecule has 3 heteroatoms. The summed E-state index contributed by atoms with van der Waals surface area (Å²) in [5.41, 5.74) is 0. The quantitative estimate of drug-likeness (QED) is 0.544. The Hall–Kier alpha value is -0.570. The molecule has 0 spiro atoms. The van der Waals surface area contributed by atoms with Crippen molar-refractivity contribution >= 4 is 5.97 Å². The van der Waals surface area contributed by atoms with Crippen LogP contribution < -0.4 is 0 Å². The SMILES string of the molecule is C[N+]1(CCCCCC(=O)O)CCCCC1. The van der Waals surface area contributed by atoms with Gasteiger partial charge in [-0.2, -0.15) is 0 Å². The molecule has 1 saturated heterocycles. The number of quaternary nitrogens is 1. The number of aliphatic carboxylic acids is 1. The van der Waals surface area contributed by atoms with Crippen LogP contribution in [-0.2, 0) is 4.79 Å². The third-order valence-electron chi connectivity index (χ3n) is 3.48. The molecule has 0 aromatic carbocycles. The number of carbonyl (C=O) groups is 1. The fourth-order valence-corrected chi connectivity index (χ4v) is 2.45.